The van der Waals surface area contributed by atoms with E-state index in [0.29, 0.717) is 5.95 Å². The standard InChI is InChI=1S/C10H16ClN5O/c1-17-10-15-8(11)14-9(16-10)13-6-2-5-12-7-3-4-7/h7,12H,2-6H2,1H3,(H,13,14,15,16). The van der Waals surface area contributed by atoms with Gasteiger partial charge in [-0.15, -0.1) is 0 Å². The first-order chi connectivity index (χ1) is 8.28. The molecule has 1 aromatic heterocycles. The second kappa shape index (κ2) is 5.97. The van der Waals surface area contributed by atoms with Gasteiger partial charge in [-0.1, -0.05) is 0 Å². The van der Waals surface area contributed by atoms with E-state index in [4.69, 9.17) is 16.3 Å². The molecule has 1 aliphatic carbocycles. The van der Waals surface area contributed by atoms with E-state index in [-0.39, 0.29) is 11.3 Å². The normalized spacial score (nSPS) is 14.7. The lowest BCUT2D eigenvalue weighted by Gasteiger charge is -2.06. The molecule has 1 heterocycles. The predicted octanol–water partition coefficient (Wildman–Crippen LogP) is 1.09. The van der Waals surface area contributed by atoms with Gasteiger partial charge < -0.3 is 15.4 Å². The number of anilines is 1. The van der Waals surface area contributed by atoms with E-state index in [1.165, 1.54) is 20.0 Å². The minimum absolute atomic E-state index is 0.135. The molecule has 0 amide bonds. The molecule has 1 fully saturated rings. The summed E-state index contributed by atoms with van der Waals surface area (Å²) in [6, 6.07) is 0.977. The SMILES string of the molecule is COc1nc(Cl)nc(NCCCNC2CC2)n1. The van der Waals surface area contributed by atoms with Gasteiger partial charge in [0.25, 0.3) is 0 Å². The van der Waals surface area contributed by atoms with Gasteiger partial charge in [0.1, 0.15) is 0 Å². The van der Waals surface area contributed by atoms with E-state index in [1.54, 1.807) is 0 Å². The molecule has 17 heavy (non-hydrogen) atoms. The highest BCUT2D eigenvalue weighted by atomic mass is 35.5. The molecular formula is C10H16ClN5O. The van der Waals surface area contributed by atoms with E-state index in [2.05, 4.69) is 25.6 Å². The van der Waals surface area contributed by atoms with Crippen molar-refractivity contribution in [3.05, 3.63) is 5.28 Å². The molecule has 0 atom stereocenters. The van der Waals surface area contributed by atoms with Crippen molar-refractivity contribution < 1.29 is 4.74 Å². The van der Waals surface area contributed by atoms with Crippen molar-refractivity contribution in [1.82, 2.24) is 20.3 Å². The molecule has 0 unspecified atom stereocenters. The van der Waals surface area contributed by atoms with Crippen LogP contribution in [0.4, 0.5) is 5.95 Å². The summed E-state index contributed by atoms with van der Waals surface area (Å²) in [5, 5.41) is 6.66. The van der Waals surface area contributed by atoms with Gasteiger partial charge in [-0.25, -0.2) is 0 Å². The molecule has 0 aliphatic heterocycles. The maximum absolute atomic E-state index is 5.72. The number of rotatable bonds is 7. The number of halogens is 1. The Morgan fingerprint density at radius 3 is 2.82 bits per heavy atom. The van der Waals surface area contributed by atoms with Crippen LogP contribution >= 0.6 is 11.6 Å². The summed E-state index contributed by atoms with van der Waals surface area (Å²) in [7, 11) is 1.50. The lowest BCUT2D eigenvalue weighted by molar-refractivity contribution is 0.379. The Morgan fingerprint density at radius 1 is 1.29 bits per heavy atom. The van der Waals surface area contributed by atoms with Crippen molar-refractivity contribution in [1.29, 1.82) is 0 Å². The van der Waals surface area contributed by atoms with Gasteiger partial charge in [0.15, 0.2) is 0 Å². The Hall–Kier alpha value is -1.14. The zero-order valence-corrected chi connectivity index (χ0v) is 10.5. The summed E-state index contributed by atoms with van der Waals surface area (Å²) >= 11 is 5.72. The molecular weight excluding hydrogens is 242 g/mol. The number of nitrogens with zero attached hydrogens (tertiary/aromatic N) is 3. The fourth-order valence-corrected chi connectivity index (χ4v) is 1.54. The Kier molecular flexibility index (Phi) is 4.33. The van der Waals surface area contributed by atoms with E-state index in [1.807, 2.05) is 0 Å². The first kappa shape index (κ1) is 12.3. The van der Waals surface area contributed by atoms with E-state index in [0.717, 1.165) is 25.6 Å². The van der Waals surface area contributed by atoms with Gasteiger partial charge >= 0.3 is 6.01 Å². The maximum Gasteiger partial charge on any atom is 0.322 e. The smallest absolute Gasteiger partial charge is 0.322 e. The number of ether oxygens (including phenoxy) is 1. The fraction of sp³-hybridized carbons (Fsp3) is 0.700. The van der Waals surface area contributed by atoms with E-state index in [9.17, 15) is 0 Å². The number of nitrogens with one attached hydrogen (secondary N) is 2. The first-order valence-electron chi connectivity index (χ1n) is 5.71. The highest BCUT2D eigenvalue weighted by Gasteiger charge is 2.19. The Bertz CT molecular complexity index is 372. The predicted molar refractivity (Wildman–Crippen MR) is 65.5 cm³/mol. The van der Waals surface area contributed by atoms with Crippen LogP contribution in [-0.4, -0.2) is 41.2 Å². The van der Waals surface area contributed by atoms with Crippen LogP contribution in [0.1, 0.15) is 19.3 Å². The van der Waals surface area contributed by atoms with Crippen molar-refractivity contribution in [2.24, 2.45) is 0 Å². The Balaban J connectivity index is 1.71. The molecule has 6 nitrogen and oxygen atoms in total. The molecule has 2 N–H and O–H groups in total. The highest BCUT2D eigenvalue weighted by Crippen LogP contribution is 2.18. The molecule has 1 aliphatic rings. The quantitative estimate of drug-likeness (QED) is 0.713. The minimum Gasteiger partial charge on any atom is -0.467 e. The van der Waals surface area contributed by atoms with Crippen LogP contribution in [0.15, 0.2) is 0 Å². The van der Waals surface area contributed by atoms with Crippen molar-refractivity contribution >= 4 is 17.5 Å². The van der Waals surface area contributed by atoms with Crippen molar-refractivity contribution in [3.8, 4) is 6.01 Å². The molecule has 0 saturated heterocycles. The summed E-state index contributed by atoms with van der Waals surface area (Å²) in [6.07, 6.45) is 3.64. The van der Waals surface area contributed by atoms with Gasteiger partial charge in [-0.05, 0) is 37.4 Å². The largest absolute Gasteiger partial charge is 0.467 e. The van der Waals surface area contributed by atoms with Gasteiger partial charge in [-0.3, -0.25) is 0 Å². The molecule has 0 radical (unpaired) electrons. The minimum atomic E-state index is 0.135. The highest BCUT2D eigenvalue weighted by molar-refractivity contribution is 6.28. The Morgan fingerprint density at radius 2 is 2.12 bits per heavy atom. The molecule has 1 aromatic rings. The molecule has 0 bridgehead atoms. The summed E-state index contributed by atoms with van der Waals surface area (Å²) in [6.45, 7) is 1.80. The molecule has 0 aromatic carbocycles. The van der Waals surface area contributed by atoms with Crippen molar-refractivity contribution in [2.75, 3.05) is 25.5 Å². The van der Waals surface area contributed by atoms with Crippen LogP contribution in [0.5, 0.6) is 6.01 Å². The van der Waals surface area contributed by atoms with Crippen molar-refractivity contribution in [3.63, 3.8) is 0 Å². The third-order valence-electron chi connectivity index (χ3n) is 2.42. The summed E-state index contributed by atoms with van der Waals surface area (Å²) in [5.41, 5.74) is 0. The van der Waals surface area contributed by atoms with Gasteiger partial charge in [0, 0.05) is 12.6 Å². The molecule has 0 spiro atoms. The number of methoxy groups -OCH3 is 1. The number of aromatic nitrogens is 3. The van der Waals surface area contributed by atoms with Gasteiger partial charge in [-0.2, -0.15) is 15.0 Å². The van der Waals surface area contributed by atoms with Crippen LogP contribution in [0.25, 0.3) is 0 Å². The lowest BCUT2D eigenvalue weighted by Crippen LogP contribution is -2.20. The summed E-state index contributed by atoms with van der Waals surface area (Å²) in [5.74, 6) is 0.452. The van der Waals surface area contributed by atoms with Crippen LogP contribution in [-0.2, 0) is 0 Å². The van der Waals surface area contributed by atoms with Crippen LogP contribution in [0, 0.1) is 0 Å². The van der Waals surface area contributed by atoms with Gasteiger partial charge in [0.2, 0.25) is 11.2 Å². The van der Waals surface area contributed by atoms with Crippen molar-refractivity contribution in [2.45, 2.75) is 25.3 Å². The van der Waals surface area contributed by atoms with Crippen LogP contribution in [0.2, 0.25) is 5.28 Å². The average molecular weight is 258 g/mol. The van der Waals surface area contributed by atoms with Gasteiger partial charge in [0.05, 0.1) is 7.11 Å². The lowest BCUT2D eigenvalue weighted by atomic mass is 10.4. The third-order valence-corrected chi connectivity index (χ3v) is 2.59. The van der Waals surface area contributed by atoms with Crippen LogP contribution < -0.4 is 15.4 Å². The zero-order chi connectivity index (χ0) is 12.1. The maximum atomic E-state index is 5.72. The molecule has 7 heteroatoms. The number of hydrogen-bond donors (Lipinski definition) is 2. The summed E-state index contributed by atoms with van der Waals surface area (Å²) in [4.78, 5) is 11.8. The summed E-state index contributed by atoms with van der Waals surface area (Å²) < 4.78 is 4.90. The monoisotopic (exact) mass is 257 g/mol. The molecule has 94 valence electrons. The second-order valence-corrected chi connectivity index (χ2v) is 4.26. The average Bonchev–Trinajstić information content (AvgIpc) is 3.12. The van der Waals surface area contributed by atoms with Crippen LogP contribution in [0.3, 0.4) is 0 Å². The first-order valence-corrected chi connectivity index (χ1v) is 6.08. The molecule has 1 saturated carbocycles. The second-order valence-electron chi connectivity index (χ2n) is 3.92. The molecule has 2 rings (SSSR count). The topological polar surface area (TPSA) is 72.0 Å². The number of hydrogen-bond acceptors (Lipinski definition) is 6. The van der Waals surface area contributed by atoms with E-state index >= 15 is 0 Å². The third kappa shape index (κ3) is 4.32. The Labute approximate surface area is 105 Å². The van der Waals surface area contributed by atoms with E-state index < -0.39 is 0 Å². The zero-order valence-electron chi connectivity index (χ0n) is 9.74. The fourth-order valence-electron chi connectivity index (χ4n) is 1.38.